The molecule has 1 rings (SSSR count). The van der Waals surface area contributed by atoms with Gasteiger partial charge in [0.2, 0.25) is 0 Å². The van der Waals surface area contributed by atoms with Gasteiger partial charge in [-0.3, -0.25) is 4.79 Å². The van der Waals surface area contributed by atoms with E-state index >= 15 is 0 Å². The number of hydrogen-bond donors (Lipinski definition) is 2. The summed E-state index contributed by atoms with van der Waals surface area (Å²) in [4.78, 5) is 35.2. The Morgan fingerprint density at radius 2 is 2.05 bits per heavy atom. The topological polar surface area (TPSA) is 95.9 Å². The molecule has 0 aliphatic heterocycles. The molecule has 0 unspecified atom stereocenters. The van der Waals surface area contributed by atoms with Crippen LogP contribution in [0.1, 0.15) is 16.8 Å². The SMILES string of the molecule is COC(=O)CCN(C)C(=O)Nc1ccc(Br)c(C(=O)O)c1. The van der Waals surface area contributed by atoms with Crippen molar-refractivity contribution in [3.05, 3.63) is 28.2 Å². The highest BCUT2D eigenvalue weighted by Gasteiger charge is 2.13. The molecule has 0 atom stereocenters. The lowest BCUT2D eigenvalue weighted by Gasteiger charge is -2.17. The third-order valence-electron chi connectivity index (χ3n) is 2.67. The lowest BCUT2D eigenvalue weighted by molar-refractivity contribution is -0.140. The van der Waals surface area contributed by atoms with Crippen LogP contribution in [0.4, 0.5) is 10.5 Å². The Balaban J connectivity index is 2.68. The van der Waals surface area contributed by atoms with Gasteiger partial charge in [-0.25, -0.2) is 9.59 Å². The molecule has 1 aromatic carbocycles. The molecule has 114 valence electrons. The van der Waals surface area contributed by atoms with Crippen molar-refractivity contribution in [1.82, 2.24) is 4.90 Å². The van der Waals surface area contributed by atoms with Gasteiger partial charge in [-0.05, 0) is 34.1 Å². The van der Waals surface area contributed by atoms with Crippen LogP contribution >= 0.6 is 15.9 Å². The number of amides is 2. The fourth-order valence-electron chi connectivity index (χ4n) is 1.45. The minimum Gasteiger partial charge on any atom is -0.478 e. The maximum Gasteiger partial charge on any atom is 0.336 e. The second kappa shape index (κ2) is 7.63. The lowest BCUT2D eigenvalue weighted by Crippen LogP contribution is -2.33. The Morgan fingerprint density at radius 3 is 2.62 bits per heavy atom. The zero-order valence-corrected chi connectivity index (χ0v) is 13.1. The van der Waals surface area contributed by atoms with Gasteiger partial charge in [-0.1, -0.05) is 0 Å². The molecule has 0 aromatic heterocycles. The number of nitrogens with one attached hydrogen (secondary N) is 1. The van der Waals surface area contributed by atoms with Gasteiger partial charge in [0.05, 0.1) is 19.1 Å². The normalized spacial score (nSPS) is 9.86. The number of methoxy groups -OCH3 is 1. The van der Waals surface area contributed by atoms with Crippen molar-refractivity contribution < 1.29 is 24.2 Å². The van der Waals surface area contributed by atoms with E-state index in [4.69, 9.17) is 5.11 Å². The quantitative estimate of drug-likeness (QED) is 0.786. The van der Waals surface area contributed by atoms with Crippen LogP contribution in [0.25, 0.3) is 0 Å². The number of anilines is 1. The standard InChI is InChI=1S/C13H15BrN2O5/c1-16(6-5-11(17)21-2)13(20)15-8-3-4-10(14)9(7-8)12(18)19/h3-4,7H,5-6H2,1-2H3,(H,15,20)(H,18,19). The number of aromatic carboxylic acids is 1. The highest BCUT2D eigenvalue weighted by Crippen LogP contribution is 2.21. The molecule has 0 fully saturated rings. The number of benzene rings is 1. The van der Waals surface area contributed by atoms with Gasteiger partial charge in [0.1, 0.15) is 0 Å². The fraction of sp³-hybridized carbons (Fsp3) is 0.308. The predicted molar refractivity (Wildman–Crippen MR) is 79.4 cm³/mol. The van der Waals surface area contributed by atoms with E-state index in [0.717, 1.165) is 0 Å². The van der Waals surface area contributed by atoms with E-state index in [0.29, 0.717) is 10.2 Å². The summed E-state index contributed by atoms with van der Waals surface area (Å²) in [5.41, 5.74) is 0.399. The number of carbonyl (C=O) groups excluding carboxylic acids is 2. The minimum absolute atomic E-state index is 0.0463. The molecular weight excluding hydrogens is 344 g/mol. The second-order valence-electron chi connectivity index (χ2n) is 4.18. The molecule has 0 heterocycles. The maximum absolute atomic E-state index is 11.9. The van der Waals surface area contributed by atoms with Gasteiger partial charge < -0.3 is 20.1 Å². The molecule has 0 spiro atoms. The highest BCUT2D eigenvalue weighted by molar-refractivity contribution is 9.10. The van der Waals surface area contributed by atoms with Gasteiger partial charge >= 0.3 is 18.0 Å². The Hall–Kier alpha value is -2.09. The average molecular weight is 359 g/mol. The van der Waals surface area contributed by atoms with Crippen LogP contribution in [0.15, 0.2) is 22.7 Å². The largest absolute Gasteiger partial charge is 0.478 e. The van der Waals surface area contributed by atoms with Crippen molar-refractivity contribution in [1.29, 1.82) is 0 Å². The first-order valence-electron chi connectivity index (χ1n) is 5.97. The first kappa shape index (κ1) is 17.0. The Morgan fingerprint density at radius 1 is 1.38 bits per heavy atom. The summed E-state index contributed by atoms with van der Waals surface area (Å²) in [5.74, 6) is -1.51. The summed E-state index contributed by atoms with van der Waals surface area (Å²) in [7, 11) is 2.80. The molecule has 0 saturated heterocycles. The van der Waals surface area contributed by atoms with Crippen molar-refractivity contribution in [2.45, 2.75) is 6.42 Å². The molecule has 0 aliphatic carbocycles. The van der Waals surface area contributed by atoms with Gasteiger partial charge in [0.25, 0.3) is 0 Å². The number of rotatable bonds is 5. The fourth-order valence-corrected chi connectivity index (χ4v) is 1.86. The zero-order chi connectivity index (χ0) is 16.0. The third kappa shape index (κ3) is 5.07. The highest BCUT2D eigenvalue weighted by atomic mass is 79.9. The van der Waals surface area contributed by atoms with Crippen LogP contribution in [-0.2, 0) is 9.53 Å². The first-order valence-corrected chi connectivity index (χ1v) is 6.76. The van der Waals surface area contributed by atoms with E-state index in [9.17, 15) is 14.4 Å². The van der Waals surface area contributed by atoms with Gasteiger partial charge in [-0.15, -0.1) is 0 Å². The van der Waals surface area contributed by atoms with Crippen LogP contribution in [0.3, 0.4) is 0 Å². The van der Waals surface area contributed by atoms with E-state index in [-0.39, 0.29) is 18.5 Å². The number of urea groups is 1. The molecular formula is C13H15BrN2O5. The zero-order valence-electron chi connectivity index (χ0n) is 11.6. The molecule has 2 amide bonds. The first-order chi connectivity index (χ1) is 9.85. The summed E-state index contributed by atoms with van der Waals surface area (Å²) in [6.07, 6.45) is 0.0845. The Bertz CT molecular complexity index is 561. The summed E-state index contributed by atoms with van der Waals surface area (Å²) < 4.78 is 4.91. The van der Waals surface area contributed by atoms with Crippen molar-refractivity contribution in [3.8, 4) is 0 Å². The van der Waals surface area contributed by atoms with E-state index in [2.05, 4.69) is 26.0 Å². The van der Waals surface area contributed by atoms with Crippen molar-refractivity contribution in [2.75, 3.05) is 26.0 Å². The Labute approximate surface area is 130 Å². The smallest absolute Gasteiger partial charge is 0.336 e. The number of ether oxygens (including phenoxy) is 1. The molecule has 7 nitrogen and oxygen atoms in total. The van der Waals surface area contributed by atoms with E-state index in [1.165, 1.54) is 31.2 Å². The number of carboxylic acids is 1. The molecule has 0 bridgehead atoms. The second-order valence-corrected chi connectivity index (χ2v) is 5.03. The molecule has 0 aliphatic rings. The molecule has 21 heavy (non-hydrogen) atoms. The molecule has 0 radical (unpaired) electrons. The van der Waals surface area contributed by atoms with Crippen molar-refractivity contribution in [2.24, 2.45) is 0 Å². The number of hydrogen-bond acceptors (Lipinski definition) is 4. The summed E-state index contributed by atoms with van der Waals surface area (Å²) in [6.45, 7) is 0.195. The van der Waals surface area contributed by atoms with Crippen LogP contribution in [0, 0.1) is 0 Å². The number of carbonyl (C=O) groups is 3. The monoisotopic (exact) mass is 358 g/mol. The minimum atomic E-state index is -1.10. The summed E-state index contributed by atoms with van der Waals surface area (Å²) in [5, 5.41) is 11.6. The number of esters is 1. The van der Waals surface area contributed by atoms with Crippen LogP contribution in [0.5, 0.6) is 0 Å². The molecule has 2 N–H and O–H groups in total. The predicted octanol–water partition coefficient (Wildman–Crippen LogP) is 2.17. The van der Waals surface area contributed by atoms with Gasteiger partial charge in [0, 0.05) is 23.8 Å². The average Bonchev–Trinajstić information content (AvgIpc) is 2.45. The number of carboxylic acid groups (broad SMARTS) is 1. The van der Waals surface area contributed by atoms with Crippen LogP contribution < -0.4 is 5.32 Å². The maximum atomic E-state index is 11.9. The van der Waals surface area contributed by atoms with Gasteiger partial charge in [-0.2, -0.15) is 0 Å². The summed E-state index contributed by atoms with van der Waals surface area (Å²) >= 11 is 3.12. The van der Waals surface area contributed by atoms with E-state index in [1.807, 2.05) is 0 Å². The van der Waals surface area contributed by atoms with E-state index in [1.54, 1.807) is 6.07 Å². The van der Waals surface area contributed by atoms with Crippen LogP contribution in [0.2, 0.25) is 0 Å². The van der Waals surface area contributed by atoms with Crippen molar-refractivity contribution >= 4 is 39.6 Å². The van der Waals surface area contributed by atoms with Crippen molar-refractivity contribution in [3.63, 3.8) is 0 Å². The van der Waals surface area contributed by atoms with E-state index < -0.39 is 18.0 Å². The van der Waals surface area contributed by atoms with Gasteiger partial charge in [0.15, 0.2) is 0 Å². The third-order valence-corrected chi connectivity index (χ3v) is 3.37. The summed E-state index contributed by atoms with van der Waals surface area (Å²) in [6, 6.07) is 4.01. The number of halogens is 1. The number of nitrogens with zero attached hydrogens (tertiary/aromatic N) is 1. The molecule has 0 saturated carbocycles. The molecule has 8 heteroatoms. The lowest BCUT2D eigenvalue weighted by atomic mass is 10.2. The Kier molecular flexibility index (Phi) is 6.16. The van der Waals surface area contributed by atoms with Crippen LogP contribution in [-0.4, -0.2) is 48.7 Å². The molecule has 1 aromatic rings.